The molecule has 0 saturated carbocycles. The fourth-order valence-electron chi connectivity index (χ4n) is 2.40. The molecular weight excluding hydrogens is 328 g/mol. The van der Waals surface area contributed by atoms with E-state index >= 15 is 0 Å². The Labute approximate surface area is 150 Å². The van der Waals surface area contributed by atoms with Crippen LogP contribution in [0.4, 0.5) is 0 Å². The van der Waals surface area contributed by atoms with Crippen molar-refractivity contribution < 1.29 is 14.3 Å². The minimum atomic E-state index is -0.356. The second kappa shape index (κ2) is 8.53. The number of benzene rings is 3. The molecular formula is C22H18O4. The van der Waals surface area contributed by atoms with Crippen LogP contribution in [0.25, 0.3) is 11.0 Å². The molecule has 0 saturated heterocycles. The molecule has 0 spiro atoms. The van der Waals surface area contributed by atoms with Crippen molar-refractivity contribution in [2.45, 2.75) is 6.61 Å². The second-order valence-electron chi connectivity index (χ2n) is 5.52. The van der Waals surface area contributed by atoms with E-state index in [0.29, 0.717) is 17.9 Å². The molecule has 0 fully saturated rings. The Morgan fingerprint density at radius 3 is 2.08 bits per heavy atom. The van der Waals surface area contributed by atoms with Crippen LogP contribution >= 0.6 is 0 Å². The second-order valence-corrected chi connectivity index (χ2v) is 5.52. The maximum atomic E-state index is 11.5. The first-order chi connectivity index (χ1) is 12.7. The van der Waals surface area contributed by atoms with Crippen LogP contribution in [0.2, 0.25) is 0 Å². The van der Waals surface area contributed by atoms with Crippen LogP contribution in [0.1, 0.15) is 5.56 Å². The van der Waals surface area contributed by atoms with E-state index in [4.69, 9.17) is 14.3 Å². The smallest absolute Gasteiger partial charge is 0.336 e. The summed E-state index contributed by atoms with van der Waals surface area (Å²) >= 11 is 0. The van der Waals surface area contributed by atoms with Crippen molar-refractivity contribution in [1.29, 1.82) is 0 Å². The van der Waals surface area contributed by atoms with E-state index in [2.05, 4.69) is 0 Å². The van der Waals surface area contributed by atoms with Gasteiger partial charge in [-0.2, -0.15) is 0 Å². The SMILES string of the molecule is O=c1cc(COc2ccccc2)c2ccccc2o1.Oc1ccccc1. The Kier molecular flexibility index (Phi) is 5.68. The molecule has 0 radical (unpaired) electrons. The van der Waals surface area contributed by atoms with E-state index in [1.54, 1.807) is 30.3 Å². The van der Waals surface area contributed by atoms with Crippen LogP contribution in [0.15, 0.2) is 100 Å². The molecule has 0 aliphatic rings. The van der Waals surface area contributed by atoms with Gasteiger partial charge in [-0.15, -0.1) is 0 Å². The van der Waals surface area contributed by atoms with E-state index in [0.717, 1.165) is 16.7 Å². The lowest BCUT2D eigenvalue weighted by atomic mass is 10.1. The van der Waals surface area contributed by atoms with E-state index < -0.39 is 0 Å². The highest BCUT2D eigenvalue weighted by Crippen LogP contribution is 2.18. The Bertz CT molecular complexity index is 1010. The Morgan fingerprint density at radius 1 is 0.808 bits per heavy atom. The van der Waals surface area contributed by atoms with E-state index in [-0.39, 0.29) is 5.63 Å². The van der Waals surface area contributed by atoms with Gasteiger partial charge < -0.3 is 14.3 Å². The Balaban J connectivity index is 0.000000236. The number of fused-ring (bicyclic) bond motifs is 1. The zero-order chi connectivity index (χ0) is 18.2. The monoisotopic (exact) mass is 346 g/mol. The quantitative estimate of drug-likeness (QED) is 0.543. The zero-order valence-corrected chi connectivity index (χ0v) is 14.0. The van der Waals surface area contributed by atoms with E-state index in [1.807, 2.05) is 54.6 Å². The molecule has 26 heavy (non-hydrogen) atoms. The predicted molar refractivity (Wildman–Crippen MR) is 101 cm³/mol. The van der Waals surface area contributed by atoms with Gasteiger partial charge in [0.1, 0.15) is 23.7 Å². The van der Waals surface area contributed by atoms with Gasteiger partial charge in [-0.05, 0) is 30.3 Å². The highest BCUT2D eigenvalue weighted by molar-refractivity contribution is 5.79. The van der Waals surface area contributed by atoms with Crippen molar-refractivity contribution in [3.8, 4) is 11.5 Å². The van der Waals surface area contributed by atoms with Crippen molar-refractivity contribution in [1.82, 2.24) is 0 Å². The molecule has 1 heterocycles. The van der Waals surface area contributed by atoms with Gasteiger partial charge in [-0.25, -0.2) is 4.79 Å². The fourth-order valence-corrected chi connectivity index (χ4v) is 2.40. The molecule has 130 valence electrons. The standard InChI is InChI=1S/C16H12O3.C6H6O/c17-16-10-12(11-18-13-6-2-1-3-7-13)14-8-4-5-9-15(14)19-16;7-6-4-2-1-3-5-6/h1-10H,11H2;1-5,7H. The largest absolute Gasteiger partial charge is 0.508 e. The molecule has 0 amide bonds. The summed E-state index contributed by atoms with van der Waals surface area (Å²) in [5.41, 5.74) is 1.06. The molecule has 1 N–H and O–H groups in total. The highest BCUT2D eigenvalue weighted by Gasteiger charge is 2.05. The summed E-state index contributed by atoms with van der Waals surface area (Å²) in [6, 6.07) is 27.2. The maximum absolute atomic E-state index is 11.5. The third-order valence-corrected chi connectivity index (χ3v) is 3.63. The van der Waals surface area contributed by atoms with Crippen molar-refractivity contribution in [3.63, 3.8) is 0 Å². The fraction of sp³-hybridized carbons (Fsp3) is 0.0455. The number of aromatic hydroxyl groups is 1. The van der Waals surface area contributed by atoms with E-state index in [1.165, 1.54) is 6.07 Å². The van der Waals surface area contributed by atoms with Crippen LogP contribution in [0.5, 0.6) is 11.5 Å². The number of phenolic OH excluding ortho intramolecular Hbond substituents is 1. The molecule has 1 aromatic heterocycles. The average molecular weight is 346 g/mol. The van der Waals surface area contributed by atoms with Gasteiger partial charge in [0, 0.05) is 17.0 Å². The highest BCUT2D eigenvalue weighted by atomic mass is 16.5. The molecule has 4 rings (SSSR count). The van der Waals surface area contributed by atoms with Crippen LogP contribution in [-0.4, -0.2) is 5.11 Å². The predicted octanol–water partition coefficient (Wildman–Crippen LogP) is 4.76. The van der Waals surface area contributed by atoms with Gasteiger partial charge >= 0.3 is 5.63 Å². The Morgan fingerprint density at radius 2 is 1.42 bits per heavy atom. The minimum Gasteiger partial charge on any atom is -0.508 e. The summed E-state index contributed by atoms with van der Waals surface area (Å²) in [6.07, 6.45) is 0. The maximum Gasteiger partial charge on any atom is 0.336 e. The normalized spacial score (nSPS) is 10.0. The number of rotatable bonds is 3. The van der Waals surface area contributed by atoms with Crippen LogP contribution in [-0.2, 0) is 6.61 Å². The molecule has 3 aromatic carbocycles. The first kappa shape index (κ1) is 17.3. The summed E-state index contributed by atoms with van der Waals surface area (Å²) in [5.74, 6) is 1.10. The lowest BCUT2D eigenvalue weighted by Crippen LogP contribution is -2.03. The zero-order valence-electron chi connectivity index (χ0n) is 14.0. The molecule has 4 heteroatoms. The summed E-state index contributed by atoms with van der Waals surface area (Å²) in [4.78, 5) is 11.5. The lowest BCUT2D eigenvalue weighted by molar-refractivity contribution is 0.306. The third kappa shape index (κ3) is 4.74. The van der Waals surface area contributed by atoms with Gasteiger partial charge in [0.2, 0.25) is 0 Å². The summed E-state index contributed by atoms with van der Waals surface area (Å²) < 4.78 is 10.8. The molecule has 0 aliphatic heterocycles. The van der Waals surface area contributed by atoms with Crippen molar-refractivity contribution in [3.05, 3.63) is 107 Å². The Hall–Kier alpha value is -3.53. The van der Waals surface area contributed by atoms with Crippen molar-refractivity contribution >= 4 is 11.0 Å². The van der Waals surface area contributed by atoms with Gasteiger partial charge in [0.15, 0.2) is 0 Å². The first-order valence-corrected chi connectivity index (χ1v) is 8.16. The lowest BCUT2D eigenvalue weighted by Gasteiger charge is -2.07. The van der Waals surface area contributed by atoms with Crippen molar-refractivity contribution in [2.24, 2.45) is 0 Å². The van der Waals surface area contributed by atoms with Crippen LogP contribution < -0.4 is 10.4 Å². The minimum absolute atomic E-state index is 0.322. The van der Waals surface area contributed by atoms with Gasteiger partial charge in [0.25, 0.3) is 0 Å². The number of hydrogen-bond acceptors (Lipinski definition) is 4. The molecule has 0 unspecified atom stereocenters. The first-order valence-electron chi connectivity index (χ1n) is 8.16. The molecule has 4 nitrogen and oxygen atoms in total. The average Bonchev–Trinajstić information content (AvgIpc) is 2.68. The van der Waals surface area contributed by atoms with Gasteiger partial charge in [0.05, 0.1) is 0 Å². The molecule has 0 bridgehead atoms. The summed E-state index contributed by atoms with van der Waals surface area (Å²) in [7, 11) is 0. The van der Waals surface area contributed by atoms with Gasteiger partial charge in [-0.1, -0.05) is 54.6 Å². The molecule has 0 atom stereocenters. The third-order valence-electron chi connectivity index (χ3n) is 3.63. The summed E-state index contributed by atoms with van der Waals surface area (Å²) in [6.45, 7) is 0.343. The van der Waals surface area contributed by atoms with Crippen LogP contribution in [0, 0.1) is 0 Å². The molecule has 0 aliphatic carbocycles. The topological polar surface area (TPSA) is 59.7 Å². The number of hydrogen-bond donors (Lipinski definition) is 1. The van der Waals surface area contributed by atoms with Crippen LogP contribution in [0.3, 0.4) is 0 Å². The van der Waals surface area contributed by atoms with Gasteiger partial charge in [-0.3, -0.25) is 0 Å². The van der Waals surface area contributed by atoms with E-state index in [9.17, 15) is 4.79 Å². The number of ether oxygens (including phenoxy) is 1. The number of para-hydroxylation sites is 3. The summed E-state index contributed by atoms with van der Waals surface area (Å²) in [5, 5.41) is 9.53. The van der Waals surface area contributed by atoms with Crippen molar-refractivity contribution in [2.75, 3.05) is 0 Å². The molecule has 4 aromatic rings. The number of phenols is 1.